The van der Waals surface area contributed by atoms with E-state index in [1.807, 2.05) is 6.08 Å². The average Bonchev–Trinajstić information content (AvgIpc) is 2.50. The number of hydrogen-bond donors (Lipinski definition) is 0. The van der Waals surface area contributed by atoms with E-state index in [-0.39, 0.29) is 6.10 Å². The summed E-state index contributed by atoms with van der Waals surface area (Å²) in [6.07, 6.45) is 6.52. The molecule has 15 heavy (non-hydrogen) atoms. The monoisotopic (exact) mass is 208 g/mol. The zero-order valence-electron chi connectivity index (χ0n) is 10.5. The van der Waals surface area contributed by atoms with E-state index < -0.39 is 0 Å². The van der Waals surface area contributed by atoms with Crippen molar-refractivity contribution in [3.8, 4) is 0 Å². The minimum atomic E-state index is 0.196. The van der Waals surface area contributed by atoms with Crippen LogP contribution in [0.3, 0.4) is 0 Å². The van der Waals surface area contributed by atoms with Crippen molar-refractivity contribution in [1.82, 2.24) is 0 Å². The Hall–Kier alpha value is -0.300. The molecule has 2 aliphatic rings. The molecule has 0 amide bonds. The number of hydrogen-bond acceptors (Lipinski definition) is 1. The van der Waals surface area contributed by atoms with Gasteiger partial charge < -0.3 is 4.74 Å². The lowest BCUT2D eigenvalue weighted by Gasteiger charge is -2.39. The molecule has 0 aromatic heterocycles. The first-order chi connectivity index (χ1) is 6.91. The molecule has 2 fully saturated rings. The Morgan fingerprint density at radius 1 is 1.40 bits per heavy atom. The summed E-state index contributed by atoms with van der Waals surface area (Å²) in [5.41, 5.74) is 0.841. The fraction of sp³-hybridized carbons (Fsp3) is 0.857. The number of ether oxygens (including phenoxy) is 1. The Morgan fingerprint density at radius 2 is 2.07 bits per heavy atom. The van der Waals surface area contributed by atoms with Gasteiger partial charge in [-0.15, -0.1) is 6.58 Å². The molecular formula is C14H24O. The summed E-state index contributed by atoms with van der Waals surface area (Å²) < 4.78 is 6.11. The Morgan fingerprint density at radius 3 is 2.47 bits per heavy atom. The highest BCUT2D eigenvalue weighted by Crippen LogP contribution is 2.66. The third-order valence-corrected chi connectivity index (χ3v) is 5.42. The van der Waals surface area contributed by atoms with Crippen LogP contribution in [0.15, 0.2) is 12.7 Å². The molecule has 0 radical (unpaired) electrons. The highest BCUT2D eigenvalue weighted by molar-refractivity contribution is 5.11. The van der Waals surface area contributed by atoms with E-state index in [4.69, 9.17) is 4.74 Å². The van der Waals surface area contributed by atoms with E-state index >= 15 is 0 Å². The van der Waals surface area contributed by atoms with Gasteiger partial charge in [-0.2, -0.15) is 0 Å². The van der Waals surface area contributed by atoms with Gasteiger partial charge in [-0.25, -0.2) is 0 Å². The summed E-state index contributed by atoms with van der Waals surface area (Å²) in [6, 6.07) is 0. The largest absolute Gasteiger partial charge is 0.371 e. The topological polar surface area (TPSA) is 9.23 Å². The third-order valence-electron chi connectivity index (χ3n) is 5.42. The van der Waals surface area contributed by atoms with Crippen LogP contribution in [0.25, 0.3) is 0 Å². The van der Waals surface area contributed by atoms with Crippen molar-refractivity contribution in [3.05, 3.63) is 12.7 Å². The van der Waals surface area contributed by atoms with Crippen molar-refractivity contribution in [2.45, 2.75) is 59.2 Å². The summed E-state index contributed by atoms with van der Waals surface area (Å²) in [5.74, 6) is 0.865. The molecule has 0 saturated heterocycles. The van der Waals surface area contributed by atoms with Crippen LogP contribution in [-0.2, 0) is 4.74 Å². The van der Waals surface area contributed by atoms with Gasteiger partial charge in [-0.05, 0) is 42.9 Å². The van der Waals surface area contributed by atoms with Gasteiger partial charge in [0.15, 0.2) is 0 Å². The third kappa shape index (κ3) is 1.39. The molecule has 0 spiro atoms. The molecule has 2 rings (SSSR count). The first-order valence-electron chi connectivity index (χ1n) is 6.20. The van der Waals surface area contributed by atoms with Crippen molar-refractivity contribution in [2.24, 2.45) is 16.7 Å². The van der Waals surface area contributed by atoms with Crippen molar-refractivity contribution in [1.29, 1.82) is 0 Å². The SMILES string of the molecule is C=CC(C)OC1CC2CCC1(C)C2(C)C. The second-order valence-corrected chi connectivity index (χ2v) is 6.18. The van der Waals surface area contributed by atoms with Gasteiger partial charge in [0.1, 0.15) is 0 Å². The molecule has 2 saturated carbocycles. The van der Waals surface area contributed by atoms with Gasteiger partial charge in [0.2, 0.25) is 0 Å². The van der Waals surface area contributed by atoms with Crippen molar-refractivity contribution >= 4 is 0 Å². The molecule has 4 atom stereocenters. The van der Waals surface area contributed by atoms with E-state index in [2.05, 4.69) is 34.3 Å². The molecule has 0 aliphatic heterocycles. The Balaban J connectivity index is 2.15. The lowest BCUT2D eigenvalue weighted by Crippen LogP contribution is -2.38. The highest BCUT2D eigenvalue weighted by Gasteiger charge is 2.61. The Bertz CT molecular complexity index is 269. The van der Waals surface area contributed by atoms with Crippen molar-refractivity contribution < 1.29 is 4.74 Å². The van der Waals surface area contributed by atoms with Gasteiger partial charge in [0, 0.05) is 0 Å². The molecular weight excluding hydrogens is 184 g/mol. The van der Waals surface area contributed by atoms with Gasteiger partial charge >= 0.3 is 0 Å². The summed E-state index contributed by atoms with van der Waals surface area (Å²) in [5, 5.41) is 0. The van der Waals surface area contributed by atoms with E-state index in [9.17, 15) is 0 Å². The summed E-state index contributed by atoms with van der Waals surface area (Å²) in [4.78, 5) is 0. The van der Waals surface area contributed by atoms with E-state index in [1.165, 1.54) is 19.3 Å². The molecule has 2 bridgehead atoms. The fourth-order valence-corrected chi connectivity index (χ4v) is 3.65. The maximum Gasteiger partial charge on any atom is 0.0729 e. The molecule has 2 aliphatic carbocycles. The summed E-state index contributed by atoms with van der Waals surface area (Å²) in [7, 11) is 0. The zero-order chi connectivity index (χ0) is 11.3. The lowest BCUT2D eigenvalue weighted by molar-refractivity contribution is -0.0650. The van der Waals surface area contributed by atoms with Gasteiger partial charge in [0.25, 0.3) is 0 Å². The van der Waals surface area contributed by atoms with Crippen LogP contribution in [0, 0.1) is 16.7 Å². The van der Waals surface area contributed by atoms with Crippen LogP contribution in [0.4, 0.5) is 0 Å². The number of rotatable bonds is 3. The van der Waals surface area contributed by atoms with Crippen LogP contribution in [0.5, 0.6) is 0 Å². The van der Waals surface area contributed by atoms with E-state index in [0.29, 0.717) is 16.9 Å². The minimum Gasteiger partial charge on any atom is -0.371 e. The fourth-order valence-electron chi connectivity index (χ4n) is 3.65. The van der Waals surface area contributed by atoms with E-state index in [1.54, 1.807) is 0 Å². The second-order valence-electron chi connectivity index (χ2n) is 6.18. The normalized spacial score (nSPS) is 44.3. The zero-order valence-corrected chi connectivity index (χ0v) is 10.5. The summed E-state index contributed by atoms with van der Waals surface area (Å²) >= 11 is 0. The first kappa shape index (κ1) is 11.2. The molecule has 0 aromatic rings. The van der Waals surface area contributed by atoms with E-state index in [0.717, 1.165) is 5.92 Å². The Labute approximate surface area is 93.9 Å². The highest BCUT2D eigenvalue weighted by atomic mass is 16.5. The predicted molar refractivity (Wildman–Crippen MR) is 63.8 cm³/mol. The molecule has 0 heterocycles. The summed E-state index contributed by atoms with van der Waals surface area (Å²) in [6.45, 7) is 13.2. The smallest absolute Gasteiger partial charge is 0.0729 e. The van der Waals surface area contributed by atoms with Crippen LogP contribution in [-0.4, -0.2) is 12.2 Å². The van der Waals surface area contributed by atoms with Crippen LogP contribution in [0.1, 0.15) is 47.0 Å². The van der Waals surface area contributed by atoms with Crippen LogP contribution < -0.4 is 0 Å². The maximum atomic E-state index is 6.11. The average molecular weight is 208 g/mol. The van der Waals surface area contributed by atoms with Crippen molar-refractivity contribution in [2.75, 3.05) is 0 Å². The molecule has 1 nitrogen and oxygen atoms in total. The van der Waals surface area contributed by atoms with Crippen molar-refractivity contribution in [3.63, 3.8) is 0 Å². The second kappa shape index (κ2) is 3.35. The Kier molecular flexibility index (Phi) is 2.50. The minimum absolute atomic E-state index is 0.196. The molecule has 86 valence electrons. The first-order valence-corrected chi connectivity index (χ1v) is 6.20. The maximum absolute atomic E-state index is 6.11. The molecule has 0 N–H and O–H groups in total. The lowest BCUT2D eigenvalue weighted by atomic mass is 9.70. The quantitative estimate of drug-likeness (QED) is 0.641. The van der Waals surface area contributed by atoms with Gasteiger partial charge in [-0.3, -0.25) is 0 Å². The number of fused-ring (bicyclic) bond motifs is 2. The van der Waals surface area contributed by atoms with Gasteiger partial charge in [0.05, 0.1) is 12.2 Å². The van der Waals surface area contributed by atoms with Gasteiger partial charge in [-0.1, -0.05) is 26.8 Å². The molecule has 1 heteroatoms. The van der Waals surface area contributed by atoms with Crippen LogP contribution in [0.2, 0.25) is 0 Å². The molecule has 0 aromatic carbocycles. The molecule has 4 unspecified atom stereocenters. The standard InChI is InChI=1S/C14H24O/c1-6-10(2)15-12-9-11-7-8-14(12,5)13(11,3)4/h6,10-12H,1,7-9H2,2-5H3. The predicted octanol–water partition coefficient (Wildman–Crippen LogP) is 3.79. The van der Waals surface area contributed by atoms with Crippen LogP contribution >= 0.6 is 0 Å².